The zero-order valence-electron chi connectivity index (χ0n) is 13.2. The highest BCUT2D eigenvalue weighted by Crippen LogP contribution is 2.25. The Hall–Kier alpha value is -0.900. The molecule has 20 heavy (non-hydrogen) atoms. The summed E-state index contributed by atoms with van der Waals surface area (Å²) in [5.41, 5.74) is 2.70. The Kier molecular flexibility index (Phi) is 5.58. The smallest absolute Gasteiger partial charge is 0.0710 e. The molecule has 2 rings (SSSR count). The van der Waals surface area contributed by atoms with Gasteiger partial charge in [-0.1, -0.05) is 36.8 Å². The van der Waals surface area contributed by atoms with E-state index in [1.54, 1.807) is 0 Å². The Morgan fingerprint density at radius 1 is 1.35 bits per heavy atom. The highest BCUT2D eigenvalue weighted by atomic mass is 16.5. The number of nitrogens with zero attached hydrogens (tertiary/aromatic N) is 1. The van der Waals surface area contributed by atoms with Crippen LogP contribution in [-0.2, 0) is 4.74 Å². The van der Waals surface area contributed by atoms with Crippen molar-refractivity contribution in [3.8, 4) is 0 Å². The van der Waals surface area contributed by atoms with Gasteiger partial charge < -0.3 is 10.1 Å². The molecule has 0 aromatic heterocycles. The molecule has 1 heterocycles. The van der Waals surface area contributed by atoms with Crippen LogP contribution in [0, 0.1) is 6.92 Å². The van der Waals surface area contributed by atoms with Gasteiger partial charge in [-0.2, -0.15) is 0 Å². The molecule has 1 aromatic carbocycles. The first-order valence-corrected chi connectivity index (χ1v) is 7.72. The van der Waals surface area contributed by atoms with Gasteiger partial charge in [-0.25, -0.2) is 0 Å². The van der Waals surface area contributed by atoms with E-state index in [4.69, 9.17) is 4.74 Å². The highest BCUT2D eigenvalue weighted by Gasteiger charge is 2.30. The van der Waals surface area contributed by atoms with Gasteiger partial charge in [0.1, 0.15) is 0 Å². The van der Waals surface area contributed by atoms with E-state index in [0.29, 0.717) is 18.2 Å². The molecule has 3 atom stereocenters. The predicted molar refractivity (Wildman–Crippen MR) is 84.0 cm³/mol. The molecular weight excluding hydrogens is 248 g/mol. The van der Waals surface area contributed by atoms with Crippen molar-refractivity contribution in [3.05, 3.63) is 35.4 Å². The lowest BCUT2D eigenvalue weighted by atomic mass is 9.98. The summed E-state index contributed by atoms with van der Waals surface area (Å²) in [7, 11) is 1.82. The van der Waals surface area contributed by atoms with Gasteiger partial charge in [0, 0.05) is 32.3 Å². The van der Waals surface area contributed by atoms with Crippen LogP contribution < -0.4 is 5.32 Å². The van der Waals surface area contributed by atoms with Gasteiger partial charge in [0.25, 0.3) is 0 Å². The van der Waals surface area contributed by atoms with Crippen LogP contribution in [0.2, 0.25) is 0 Å². The maximum atomic E-state index is 5.49. The fourth-order valence-corrected chi connectivity index (χ4v) is 3.09. The molecule has 1 aliphatic heterocycles. The van der Waals surface area contributed by atoms with E-state index in [0.717, 1.165) is 26.1 Å². The molecule has 3 nitrogen and oxygen atoms in total. The fourth-order valence-electron chi connectivity index (χ4n) is 3.09. The first-order valence-electron chi connectivity index (χ1n) is 7.72. The number of nitrogens with one attached hydrogen (secondary N) is 1. The standard InChI is InChI=1S/C17H28N2O/c1-5-18-17(15-8-6-13(2)7-9-15)14(3)19-11-10-16(12-19)20-4/h6-9,14,16-18H,5,10-12H2,1-4H3. The van der Waals surface area contributed by atoms with Gasteiger partial charge in [-0.05, 0) is 32.4 Å². The van der Waals surface area contributed by atoms with Gasteiger partial charge in [0.15, 0.2) is 0 Å². The van der Waals surface area contributed by atoms with Crippen LogP contribution in [0.25, 0.3) is 0 Å². The third-order valence-electron chi connectivity index (χ3n) is 4.43. The lowest BCUT2D eigenvalue weighted by Crippen LogP contribution is -2.42. The lowest BCUT2D eigenvalue weighted by Gasteiger charge is -2.32. The van der Waals surface area contributed by atoms with Crippen molar-refractivity contribution in [2.75, 3.05) is 26.7 Å². The van der Waals surface area contributed by atoms with Crippen molar-refractivity contribution in [2.45, 2.75) is 45.4 Å². The van der Waals surface area contributed by atoms with E-state index in [-0.39, 0.29) is 0 Å². The Labute approximate surface area is 123 Å². The summed E-state index contributed by atoms with van der Waals surface area (Å²) in [6.45, 7) is 9.81. The van der Waals surface area contributed by atoms with E-state index in [1.165, 1.54) is 11.1 Å². The van der Waals surface area contributed by atoms with Gasteiger partial charge in [0.05, 0.1) is 6.10 Å². The third-order valence-corrected chi connectivity index (χ3v) is 4.43. The quantitative estimate of drug-likeness (QED) is 0.864. The van der Waals surface area contributed by atoms with Crippen molar-refractivity contribution in [3.63, 3.8) is 0 Å². The molecule has 0 saturated carbocycles. The van der Waals surface area contributed by atoms with Crippen LogP contribution >= 0.6 is 0 Å². The Morgan fingerprint density at radius 2 is 2.05 bits per heavy atom. The molecule has 1 saturated heterocycles. The minimum absolute atomic E-state index is 0.385. The zero-order chi connectivity index (χ0) is 14.5. The van der Waals surface area contributed by atoms with Crippen LogP contribution in [0.4, 0.5) is 0 Å². The SMILES string of the molecule is CCNC(c1ccc(C)cc1)C(C)N1CCC(OC)C1. The summed E-state index contributed by atoms with van der Waals surface area (Å²) in [4.78, 5) is 2.54. The number of hydrogen-bond acceptors (Lipinski definition) is 3. The minimum atomic E-state index is 0.385. The summed E-state index contributed by atoms with van der Waals surface area (Å²) >= 11 is 0. The number of likely N-dealkylation sites (N-methyl/N-ethyl adjacent to an activating group) is 1. The Bertz CT molecular complexity index is 404. The summed E-state index contributed by atoms with van der Waals surface area (Å²) in [6, 6.07) is 9.78. The van der Waals surface area contributed by atoms with Crippen molar-refractivity contribution < 1.29 is 4.74 Å². The summed E-state index contributed by atoms with van der Waals surface area (Å²) in [5.74, 6) is 0. The van der Waals surface area contributed by atoms with Gasteiger partial charge in [0.2, 0.25) is 0 Å². The second-order valence-electron chi connectivity index (χ2n) is 5.83. The Balaban J connectivity index is 2.09. The molecule has 112 valence electrons. The number of methoxy groups -OCH3 is 1. The second kappa shape index (κ2) is 7.21. The molecular formula is C17H28N2O. The van der Waals surface area contributed by atoms with Crippen molar-refractivity contribution in [2.24, 2.45) is 0 Å². The van der Waals surface area contributed by atoms with E-state index >= 15 is 0 Å². The molecule has 3 heteroatoms. The van der Waals surface area contributed by atoms with Gasteiger partial charge in [-0.3, -0.25) is 4.90 Å². The van der Waals surface area contributed by atoms with Gasteiger partial charge in [-0.15, -0.1) is 0 Å². The number of benzene rings is 1. The van der Waals surface area contributed by atoms with Crippen LogP contribution in [0.15, 0.2) is 24.3 Å². The van der Waals surface area contributed by atoms with Crippen LogP contribution in [0.1, 0.15) is 37.4 Å². The Morgan fingerprint density at radius 3 is 2.60 bits per heavy atom. The number of hydrogen-bond donors (Lipinski definition) is 1. The van der Waals surface area contributed by atoms with E-state index in [2.05, 4.69) is 55.3 Å². The van der Waals surface area contributed by atoms with Crippen molar-refractivity contribution in [1.29, 1.82) is 0 Å². The second-order valence-corrected chi connectivity index (χ2v) is 5.83. The first kappa shape index (κ1) is 15.5. The van der Waals surface area contributed by atoms with Crippen molar-refractivity contribution in [1.82, 2.24) is 10.2 Å². The minimum Gasteiger partial charge on any atom is -0.380 e. The molecule has 0 radical (unpaired) electrons. The van der Waals surface area contributed by atoms with E-state index in [9.17, 15) is 0 Å². The number of rotatable bonds is 6. The zero-order valence-corrected chi connectivity index (χ0v) is 13.2. The molecule has 1 aromatic rings. The average Bonchev–Trinajstić information content (AvgIpc) is 2.94. The largest absolute Gasteiger partial charge is 0.380 e. The monoisotopic (exact) mass is 276 g/mol. The van der Waals surface area contributed by atoms with Crippen LogP contribution in [-0.4, -0.2) is 43.8 Å². The maximum Gasteiger partial charge on any atom is 0.0710 e. The molecule has 0 amide bonds. The molecule has 1 fully saturated rings. The topological polar surface area (TPSA) is 24.5 Å². The van der Waals surface area contributed by atoms with E-state index in [1.807, 2.05) is 7.11 Å². The van der Waals surface area contributed by atoms with Crippen molar-refractivity contribution >= 4 is 0 Å². The third kappa shape index (κ3) is 3.60. The number of aryl methyl sites for hydroxylation is 1. The number of ether oxygens (including phenoxy) is 1. The summed E-state index contributed by atoms with van der Waals surface area (Å²) in [5, 5.41) is 3.65. The van der Waals surface area contributed by atoms with Crippen LogP contribution in [0.3, 0.4) is 0 Å². The maximum absolute atomic E-state index is 5.49. The fraction of sp³-hybridized carbons (Fsp3) is 0.647. The normalized spacial score (nSPS) is 22.9. The molecule has 0 spiro atoms. The number of likely N-dealkylation sites (tertiary alicyclic amines) is 1. The van der Waals surface area contributed by atoms with E-state index < -0.39 is 0 Å². The predicted octanol–water partition coefficient (Wildman–Crippen LogP) is 2.75. The first-order chi connectivity index (χ1) is 9.65. The molecule has 1 aliphatic rings. The lowest BCUT2D eigenvalue weighted by molar-refractivity contribution is 0.0977. The van der Waals surface area contributed by atoms with Crippen LogP contribution in [0.5, 0.6) is 0 Å². The molecule has 0 bridgehead atoms. The summed E-state index contributed by atoms with van der Waals surface area (Å²) in [6.07, 6.45) is 1.55. The van der Waals surface area contributed by atoms with Gasteiger partial charge >= 0.3 is 0 Å². The highest BCUT2D eigenvalue weighted by molar-refractivity contribution is 5.25. The molecule has 0 aliphatic carbocycles. The summed E-state index contributed by atoms with van der Waals surface area (Å²) < 4.78 is 5.49. The molecule has 1 N–H and O–H groups in total. The average molecular weight is 276 g/mol. The molecule has 3 unspecified atom stereocenters.